The van der Waals surface area contributed by atoms with E-state index in [-0.39, 0.29) is 5.91 Å². The molecule has 1 fully saturated rings. The van der Waals surface area contributed by atoms with Crippen LogP contribution in [0.2, 0.25) is 0 Å². The van der Waals surface area contributed by atoms with E-state index in [0.29, 0.717) is 25.0 Å². The molecular weight excluding hydrogens is 244 g/mol. The molecule has 110 valence electrons. The van der Waals surface area contributed by atoms with Gasteiger partial charge in [0.15, 0.2) is 0 Å². The molecule has 0 saturated heterocycles. The van der Waals surface area contributed by atoms with Gasteiger partial charge < -0.3 is 15.5 Å². The maximum absolute atomic E-state index is 11.5. The minimum atomic E-state index is -0.442. The topological polar surface area (TPSA) is 73.5 Å². The van der Waals surface area contributed by atoms with E-state index in [0.717, 1.165) is 0 Å². The van der Waals surface area contributed by atoms with Crippen molar-refractivity contribution in [2.45, 2.75) is 44.2 Å². The van der Waals surface area contributed by atoms with E-state index in [4.69, 9.17) is 0 Å². The fourth-order valence-electron chi connectivity index (χ4n) is 2.52. The van der Waals surface area contributed by atoms with Crippen molar-refractivity contribution in [3.63, 3.8) is 0 Å². The van der Waals surface area contributed by atoms with Crippen LogP contribution in [0.15, 0.2) is 0 Å². The summed E-state index contributed by atoms with van der Waals surface area (Å²) in [4.78, 5) is 24.7. The van der Waals surface area contributed by atoms with Crippen LogP contribution in [-0.4, -0.2) is 56.6 Å². The van der Waals surface area contributed by atoms with E-state index in [2.05, 4.69) is 27.9 Å². The highest BCUT2D eigenvalue weighted by Gasteiger charge is 2.23. The first-order valence-electron chi connectivity index (χ1n) is 6.96. The van der Waals surface area contributed by atoms with Crippen molar-refractivity contribution in [3.05, 3.63) is 0 Å². The standard InChI is InChI=1S/C13H26N4O2/c1-14-10-4-6-11(7-5-10)17(3)9-8-12(18)16-13(19)15-2/h10-11,14H,4-9H2,1-3H3,(H2,15,16,18,19). The number of urea groups is 1. The maximum Gasteiger partial charge on any atom is 0.321 e. The van der Waals surface area contributed by atoms with Crippen LogP contribution in [-0.2, 0) is 4.79 Å². The van der Waals surface area contributed by atoms with Crippen LogP contribution in [0.3, 0.4) is 0 Å². The number of hydrogen-bond acceptors (Lipinski definition) is 4. The number of carbonyl (C=O) groups is 2. The first-order chi connectivity index (χ1) is 9.06. The van der Waals surface area contributed by atoms with Crippen LogP contribution in [0.4, 0.5) is 4.79 Å². The van der Waals surface area contributed by atoms with Gasteiger partial charge in [-0.15, -0.1) is 0 Å². The van der Waals surface area contributed by atoms with Crippen LogP contribution in [0.25, 0.3) is 0 Å². The van der Waals surface area contributed by atoms with Crippen LogP contribution in [0.1, 0.15) is 32.1 Å². The number of nitrogens with one attached hydrogen (secondary N) is 3. The molecule has 6 nitrogen and oxygen atoms in total. The lowest BCUT2D eigenvalue weighted by atomic mass is 9.90. The first-order valence-corrected chi connectivity index (χ1v) is 6.96. The Kier molecular flexibility index (Phi) is 6.80. The normalized spacial score (nSPS) is 23.2. The Morgan fingerprint density at radius 1 is 1.16 bits per heavy atom. The van der Waals surface area contributed by atoms with Gasteiger partial charge in [-0.05, 0) is 39.8 Å². The molecule has 0 bridgehead atoms. The zero-order chi connectivity index (χ0) is 14.3. The minimum absolute atomic E-state index is 0.227. The quantitative estimate of drug-likeness (QED) is 0.671. The molecule has 19 heavy (non-hydrogen) atoms. The van der Waals surface area contributed by atoms with Gasteiger partial charge in [0.25, 0.3) is 0 Å². The molecule has 3 amide bonds. The van der Waals surface area contributed by atoms with Crippen LogP contribution >= 0.6 is 0 Å². The lowest BCUT2D eigenvalue weighted by molar-refractivity contribution is -0.120. The molecular formula is C13H26N4O2. The number of rotatable bonds is 5. The summed E-state index contributed by atoms with van der Waals surface area (Å²) >= 11 is 0. The van der Waals surface area contributed by atoms with Crippen LogP contribution in [0.5, 0.6) is 0 Å². The molecule has 0 atom stereocenters. The fraction of sp³-hybridized carbons (Fsp3) is 0.846. The Morgan fingerprint density at radius 2 is 1.79 bits per heavy atom. The zero-order valence-corrected chi connectivity index (χ0v) is 12.2. The Morgan fingerprint density at radius 3 is 2.32 bits per heavy atom. The molecule has 0 heterocycles. The molecule has 1 saturated carbocycles. The lowest BCUT2D eigenvalue weighted by Gasteiger charge is -2.34. The van der Waals surface area contributed by atoms with Crippen molar-refractivity contribution in [1.82, 2.24) is 20.9 Å². The predicted molar refractivity (Wildman–Crippen MR) is 74.9 cm³/mol. The summed E-state index contributed by atoms with van der Waals surface area (Å²) in [5, 5.41) is 7.96. The van der Waals surface area contributed by atoms with Gasteiger partial charge in [0.2, 0.25) is 5.91 Å². The Labute approximate surface area is 115 Å². The second kappa shape index (κ2) is 8.12. The third-order valence-corrected chi connectivity index (χ3v) is 3.90. The summed E-state index contributed by atoms with van der Waals surface area (Å²) in [6.07, 6.45) is 5.07. The Hall–Kier alpha value is -1.14. The Balaban J connectivity index is 2.22. The molecule has 0 aromatic heterocycles. The molecule has 6 heteroatoms. The summed E-state index contributed by atoms with van der Waals surface area (Å²) in [7, 11) is 5.56. The van der Waals surface area contributed by atoms with Gasteiger partial charge in [-0.1, -0.05) is 0 Å². The van der Waals surface area contributed by atoms with E-state index in [1.165, 1.54) is 32.7 Å². The highest BCUT2D eigenvalue weighted by molar-refractivity contribution is 5.94. The van der Waals surface area contributed by atoms with Gasteiger partial charge in [0.1, 0.15) is 0 Å². The number of hydrogen-bond donors (Lipinski definition) is 3. The minimum Gasteiger partial charge on any atom is -0.341 e. The average Bonchev–Trinajstić information content (AvgIpc) is 2.44. The monoisotopic (exact) mass is 270 g/mol. The maximum atomic E-state index is 11.5. The molecule has 1 rings (SSSR count). The molecule has 0 aromatic rings. The summed E-state index contributed by atoms with van der Waals surface area (Å²) in [5.41, 5.74) is 0. The molecule has 0 spiro atoms. The van der Waals surface area contributed by atoms with Crippen LogP contribution < -0.4 is 16.0 Å². The van der Waals surface area contributed by atoms with E-state index >= 15 is 0 Å². The Bertz CT molecular complexity index is 301. The molecule has 3 N–H and O–H groups in total. The number of imide groups is 1. The van der Waals surface area contributed by atoms with Crippen molar-refractivity contribution in [2.75, 3.05) is 27.7 Å². The van der Waals surface area contributed by atoms with Crippen molar-refractivity contribution >= 4 is 11.9 Å². The molecule has 0 unspecified atom stereocenters. The highest BCUT2D eigenvalue weighted by atomic mass is 16.2. The summed E-state index contributed by atoms with van der Waals surface area (Å²) in [6, 6.07) is 0.751. The second-order valence-corrected chi connectivity index (χ2v) is 5.15. The van der Waals surface area contributed by atoms with Crippen molar-refractivity contribution in [3.8, 4) is 0 Å². The highest BCUT2D eigenvalue weighted by Crippen LogP contribution is 2.22. The molecule has 0 radical (unpaired) electrons. The third kappa shape index (κ3) is 5.57. The lowest BCUT2D eigenvalue weighted by Crippen LogP contribution is -2.42. The largest absolute Gasteiger partial charge is 0.341 e. The van der Waals surface area contributed by atoms with Gasteiger partial charge in [-0.2, -0.15) is 0 Å². The smallest absolute Gasteiger partial charge is 0.321 e. The van der Waals surface area contributed by atoms with E-state index in [9.17, 15) is 9.59 Å². The average molecular weight is 270 g/mol. The predicted octanol–water partition coefficient (Wildman–Crippen LogP) is 0.295. The van der Waals surface area contributed by atoms with E-state index < -0.39 is 6.03 Å². The van der Waals surface area contributed by atoms with Crippen LogP contribution in [0, 0.1) is 0 Å². The van der Waals surface area contributed by atoms with Gasteiger partial charge in [-0.3, -0.25) is 10.1 Å². The number of carbonyl (C=O) groups excluding carboxylic acids is 2. The van der Waals surface area contributed by atoms with Gasteiger partial charge in [0, 0.05) is 32.1 Å². The van der Waals surface area contributed by atoms with Crippen molar-refractivity contribution in [1.29, 1.82) is 0 Å². The van der Waals surface area contributed by atoms with Gasteiger partial charge in [-0.25, -0.2) is 4.79 Å². The van der Waals surface area contributed by atoms with Gasteiger partial charge in [0.05, 0.1) is 0 Å². The van der Waals surface area contributed by atoms with Gasteiger partial charge >= 0.3 is 6.03 Å². The first kappa shape index (κ1) is 15.9. The fourth-order valence-corrected chi connectivity index (χ4v) is 2.52. The van der Waals surface area contributed by atoms with E-state index in [1.54, 1.807) is 0 Å². The molecule has 1 aliphatic carbocycles. The number of nitrogens with zero attached hydrogens (tertiary/aromatic N) is 1. The van der Waals surface area contributed by atoms with Crippen molar-refractivity contribution in [2.24, 2.45) is 0 Å². The van der Waals surface area contributed by atoms with E-state index in [1.807, 2.05) is 7.05 Å². The zero-order valence-electron chi connectivity index (χ0n) is 12.2. The molecule has 0 aliphatic heterocycles. The third-order valence-electron chi connectivity index (χ3n) is 3.90. The summed E-state index contributed by atoms with van der Waals surface area (Å²) in [6.45, 7) is 0.692. The summed E-state index contributed by atoms with van der Waals surface area (Å²) < 4.78 is 0. The SMILES string of the molecule is CNC(=O)NC(=O)CCN(C)C1CCC(NC)CC1. The van der Waals surface area contributed by atoms with Crippen molar-refractivity contribution < 1.29 is 9.59 Å². The molecule has 0 aromatic carbocycles. The molecule has 1 aliphatic rings. The summed E-state index contributed by atoms with van der Waals surface area (Å²) in [5.74, 6) is -0.227. The number of amides is 3. The second-order valence-electron chi connectivity index (χ2n) is 5.15.